The molecule has 0 aliphatic carbocycles. The van der Waals surface area contributed by atoms with Crippen molar-refractivity contribution in [1.29, 1.82) is 0 Å². The number of hydrogen-bond donors (Lipinski definition) is 1. The second-order valence-corrected chi connectivity index (χ2v) is 8.30. The molecule has 0 spiro atoms. The number of benzene rings is 1. The maximum absolute atomic E-state index is 12.8. The molecular weight excluding hydrogens is 463 g/mol. The monoisotopic (exact) mass is 484 g/mol. The van der Waals surface area contributed by atoms with Crippen LogP contribution in [0.4, 0.5) is 0 Å². The van der Waals surface area contributed by atoms with Crippen LogP contribution in [0.3, 0.4) is 0 Å². The first kappa shape index (κ1) is 24.9. The quantitative estimate of drug-likeness (QED) is 0.476. The van der Waals surface area contributed by atoms with E-state index in [1.807, 2.05) is 12.1 Å². The molecule has 3 rings (SSSR count). The molecule has 0 bridgehead atoms. The average molecular weight is 485 g/mol. The van der Waals surface area contributed by atoms with Gasteiger partial charge in [-0.15, -0.1) is 11.3 Å². The lowest BCUT2D eigenvalue weighted by atomic mass is 10.0. The number of aromatic amines is 1. The van der Waals surface area contributed by atoms with Gasteiger partial charge >= 0.3 is 5.97 Å². The Labute approximate surface area is 194 Å². The van der Waals surface area contributed by atoms with Crippen LogP contribution in [0.25, 0.3) is 0 Å². The average Bonchev–Trinajstić information content (AvgIpc) is 3.24. The number of rotatable bonds is 8. The van der Waals surface area contributed by atoms with Crippen LogP contribution < -0.4 is 20.2 Å². The summed E-state index contributed by atoms with van der Waals surface area (Å²) in [7, 11) is 3.10. The molecule has 3 aromatic rings. The number of nitrogens with one attached hydrogen (secondary N) is 1. The Morgan fingerprint density at radius 1 is 1.10 bits per heavy atom. The summed E-state index contributed by atoms with van der Waals surface area (Å²) in [6.07, 6.45) is 2.88. The van der Waals surface area contributed by atoms with Gasteiger partial charge in [0.15, 0.2) is 23.9 Å². The van der Waals surface area contributed by atoms with Crippen molar-refractivity contribution < 1.29 is 29.5 Å². The van der Waals surface area contributed by atoms with Gasteiger partial charge in [0.05, 0.1) is 14.2 Å². The number of carbonyl (C=O) groups is 1. The Morgan fingerprint density at radius 3 is 2.35 bits per heavy atom. The van der Waals surface area contributed by atoms with Gasteiger partial charge in [0.2, 0.25) is 0 Å². The normalized spacial score (nSPS) is 11.4. The highest BCUT2D eigenvalue weighted by Crippen LogP contribution is 2.35. The molecule has 31 heavy (non-hydrogen) atoms. The third kappa shape index (κ3) is 5.87. The lowest BCUT2D eigenvalue weighted by Gasteiger charge is -2.20. The fraction of sp³-hybridized carbons (Fsp3) is 0.238. The molecule has 0 fully saturated rings. The molecule has 7 nitrogen and oxygen atoms in total. The Morgan fingerprint density at radius 2 is 1.77 bits per heavy atom. The van der Waals surface area contributed by atoms with Crippen molar-refractivity contribution in [2.24, 2.45) is 5.73 Å². The van der Waals surface area contributed by atoms with E-state index in [1.54, 1.807) is 44.8 Å². The molecule has 0 aliphatic rings. The molecule has 4 N–H and O–H groups in total. The summed E-state index contributed by atoms with van der Waals surface area (Å²) in [5, 5.41) is 0.899. The summed E-state index contributed by atoms with van der Waals surface area (Å²) in [4.78, 5) is 17.1. The molecular formula is C21H22Cl2N2O5S. The third-order valence-corrected chi connectivity index (χ3v) is 6.24. The van der Waals surface area contributed by atoms with Crippen LogP contribution in [0.5, 0.6) is 11.5 Å². The van der Waals surface area contributed by atoms with Crippen molar-refractivity contribution in [2.45, 2.75) is 19.1 Å². The lowest BCUT2D eigenvalue weighted by Crippen LogP contribution is -2.15. The van der Waals surface area contributed by atoms with E-state index in [-0.39, 0.29) is 11.9 Å². The second kappa shape index (κ2) is 11.3. The Hall–Kier alpha value is -2.36. The van der Waals surface area contributed by atoms with Gasteiger partial charge in [0.25, 0.3) is 0 Å². The summed E-state index contributed by atoms with van der Waals surface area (Å²) in [6.45, 7) is 0.364. The van der Waals surface area contributed by atoms with Crippen molar-refractivity contribution in [2.75, 3.05) is 14.2 Å². The zero-order valence-electron chi connectivity index (χ0n) is 16.9. The largest absolute Gasteiger partial charge is 0.870 e. The predicted molar refractivity (Wildman–Crippen MR) is 119 cm³/mol. The van der Waals surface area contributed by atoms with Crippen LogP contribution in [-0.2, 0) is 17.7 Å². The number of pyridine rings is 1. The molecule has 0 radical (unpaired) electrons. The van der Waals surface area contributed by atoms with Gasteiger partial charge in [0, 0.05) is 23.4 Å². The van der Waals surface area contributed by atoms with Gasteiger partial charge in [-0.1, -0.05) is 29.3 Å². The maximum Gasteiger partial charge on any atom is 0.348 e. The minimum Gasteiger partial charge on any atom is -0.870 e. The first-order valence-electron chi connectivity index (χ1n) is 9.02. The van der Waals surface area contributed by atoms with E-state index in [9.17, 15) is 4.79 Å². The summed E-state index contributed by atoms with van der Waals surface area (Å²) >= 11 is 14.0. The van der Waals surface area contributed by atoms with Crippen molar-refractivity contribution in [3.8, 4) is 11.5 Å². The van der Waals surface area contributed by atoms with Gasteiger partial charge in [-0.2, -0.15) is 0 Å². The summed E-state index contributed by atoms with van der Waals surface area (Å²) in [5.41, 5.74) is 7.03. The Balaban J connectivity index is 0.00000341. The number of esters is 1. The summed E-state index contributed by atoms with van der Waals surface area (Å²) in [6, 6.07) is 8.86. The SMILES string of the molecule is COc1ccc([C@H](Cc2c(Cl)c[nH+]cc2Cl)OC(=O)c2ccc(CN)s2)cc1OC.[OH-]. The highest BCUT2D eigenvalue weighted by atomic mass is 35.5. The number of halogens is 2. The maximum atomic E-state index is 12.8. The Bertz CT molecular complexity index is 1020. The van der Waals surface area contributed by atoms with Crippen LogP contribution in [0, 0.1) is 0 Å². The summed E-state index contributed by atoms with van der Waals surface area (Å²) in [5.74, 6) is 0.646. The van der Waals surface area contributed by atoms with Crippen LogP contribution in [-0.4, -0.2) is 25.7 Å². The second-order valence-electron chi connectivity index (χ2n) is 6.31. The first-order chi connectivity index (χ1) is 14.5. The molecule has 0 unspecified atom stereocenters. The number of hydrogen-bond acceptors (Lipinski definition) is 7. The van der Waals surface area contributed by atoms with Gasteiger partial charge in [-0.25, -0.2) is 9.78 Å². The summed E-state index contributed by atoms with van der Waals surface area (Å²) < 4.78 is 16.6. The molecule has 2 heterocycles. The topological polar surface area (TPSA) is 115 Å². The number of carbonyl (C=O) groups excluding carboxylic acids is 1. The molecule has 1 aromatic carbocycles. The molecule has 166 valence electrons. The number of methoxy groups -OCH3 is 2. The zero-order valence-corrected chi connectivity index (χ0v) is 19.2. The fourth-order valence-corrected chi connectivity index (χ4v) is 4.22. The number of ether oxygens (including phenoxy) is 3. The van der Waals surface area contributed by atoms with E-state index in [0.717, 1.165) is 10.4 Å². The van der Waals surface area contributed by atoms with Crippen LogP contribution >= 0.6 is 34.5 Å². The number of H-pyrrole nitrogens is 1. The number of aromatic nitrogens is 1. The van der Waals surface area contributed by atoms with Crippen molar-refractivity contribution >= 4 is 40.5 Å². The van der Waals surface area contributed by atoms with E-state index in [1.165, 1.54) is 11.3 Å². The highest BCUT2D eigenvalue weighted by Gasteiger charge is 2.24. The van der Waals surface area contributed by atoms with E-state index < -0.39 is 12.1 Å². The van der Waals surface area contributed by atoms with Crippen LogP contribution in [0.15, 0.2) is 42.7 Å². The van der Waals surface area contributed by atoms with Crippen LogP contribution in [0.1, 0.15) is 31.8 Å². The molecule has 0 aliphatic heterocycles. The van der Waals surface area contributed by atoms with Gasteiger partial charge in [0.1, 0.15) is 21.0 Å². The Kier molecular flexibility index (Phi) is 9.09. The van der Waals surface area contributed by atoms with E-state index in [2.05, 4.69) is 4.98 Å². The minimum atomic E-state index is -0.655. The fourth-order valence-electron chi connectivity index (χ4n) is 2.92. The predicted octanol–water partition coefficient (Wildman–Crippen LogP) is 4.31. The van der Waals surface area contributed by atoms with Gasteiger partial charge < -0.3 is 25.4 Å². The zero-order chi connectivity index (χ0) is 21.7. The molecule has 1 atom stereocenters. The third-order valence-electron chi connectivity index (χ3n) is 4.48. The number of nitrogens with two attached hydrogens (primary N) is 1. The molecule has 0 saturated carbocycles. The molecule has 0 amide bonds. The first-order valence-corrected chi connectivity index (χ1v) is 10.6. The van der Waals surface area contributed by atoms with Crippen LogP contribution in [0.2, 0.25) is 10.0 Å². The smallest absolute Gasteiger partial charge is 0.348 e. The highest BCUT2D eigenvalue weighted by molar-refractivity contribution is 7.13. The van der Waals surface area contributed by atoms with E-state index >= 15 is 0 Å². The molecule has 10 heteroatoms. The van der Waals surface area contributed by atoms with Gasteiger partial charge in [-0.3, -0.25) is 0 Å². The standard InChI is InChI=1S/C21H20Cl2N2O4S.H2O/c1-27-17-5-3-12(7-19(17)28-2)18(8-14-15(22)10-25-11-16(14)23)29-21(26)20-6-4-13(9-24)30-20;/h3-7,10-11,18H,8-9,24H2,1-2H3;1H2/t18-;/m0./s1. The van der Waals surface area contributed by atoms with Crippen molar-refractivity contribution in [1.82, 2.24) is 0 Å². The minimum absolute atomic E-state index is 0. The van der Waals surface area contributed by atoms with Crippen molar-refractivity contribution in [3.05, 3.63) is 73.7 Å². The van der Waals surface area contributed by atoms with Gasteiger partial charge in [-0.05, 0) is 29.8 Å². The lowest BCUT2D eigenvalue weighted by molar-refractivity contribution is -0.377. The van der Waals surface area contributed by atoms with E-state index in [4.69, 9.17) is 43.1 Å². The van der Waals surface area contributed by atoms with E-state index in [0.29, 0.717) is 38.5 Å². The molecule has 0 saturated heterocycles. The van der Waals surface area contributed by atoms with Crippen molar-refractivity contribution in [3.63, 3.8) is 0 Å². The number of thiophene rings is 1. The molecule has 2 aromatic heterocycles.